The van der Waals surface area contributed by atoms with Crippen LogP contribution >= 0.6 is 11.6 Å². The highest BCUT2D eigenvalue weighted by Gasteiger charge is 2.09. The van der Waals surface area contributed by atoms with E-state index in [2.05, 4.69) is 16.4 Å². The summed E-state index contributed by atoms with van der Waals surface area (Å²) in [5.74, 6) is 0.757. The van der Waals surface area contributed by atoms with Gasteiger partial charge in [0.05, 0.1) is 24.1 Å². The van der Waals surface area contributed by atoms with E-state index in [-0.39, 0.29) is 0 Å². The minimum Gasteiger partial charge on any atom is -0.496 e. The summed E-state index contributed by atoms with van der Waals surface area (Å²) in [6.45, 7) is 4.25. The summed E-state index contributed by atoms with van der Waals surface area (Å²) < 4.78 is 5.32. The van der Waals surface area contributed by atoms with Gasteiger partial charge >= 0.3 is 0 Å². The number of nitrogens with zero attached hydrogens (tertiary/aromatic N) is 2. The largest absolute Gasteiger partial charge is 0.496 e. The number of benzene rings is 1. The minimum absolute atomic E-state index is 0.515. The van der Waals surface area contributed by atoms with Crippen LogP contribution in [0.15, 0.2) is 24.3 Å². The molecule has 4 nitrogen and oxygen atoms in total. The van der Waals surface area contributed by atoms with Gasteiger partial charge < -0.3 is 10.1 Å². The molecule has 0 aliphatic carbocycles. The Bertz CT molecular complexity index is 707. The van der Waals surface area contributed by atoms with E-state index in [9.17, 15) is 5.26 Å². The molecule has 2 rings (SSSR count). The van der Waals surface area contributed by atoms with Gasteiger partial charge in [0.1, 0.15) is 11.8 Å². The molecule has 108 valence electrons. The first-order chi connectivity index (χ1) is 10.0. The molecule has 5 heteroatoms. The van der Waals surface area contributed by atoms with Crippen LogP contribution in [0, 0.1) is 25.2 Å². The van der Waals surface area contributed by atoms with Gasteiger partial charge in [-0.25, -0.2) is 0 Å². The first-order valence-corrected chi connectivity index (χ1v) is 6.87. The number of halogens is 1. The van der Waals surface area contributed by atoms with Crippen molar-refractivity contribution >= 4 is 17.3 Å². The van der Waals surface area contributed by atoms with Crippen LogP contribution in [0.2, 0.25) is 5.02 Å². The van der Waals surface area contributed by atoms with Gasteiger partial charge in [0.25, 0.3) is 0 Å². The Kier molecular flexibility index (Phi) is 4.66. The first kappa shape index (κ1) is 15.1. The lowest BCUT2D eigenvalue weighted by atomic mass is 10.1. The molecule has 1 N–H and O–H groups in total. The highest BCUT2D eigenvalue weighted by molar-refractivity contribution is 6.30. The maximum Gasteiger partial charge on any atom is 0.123 e. The number of ether oxygens (including phenoxy) is 1. The summed E-state index contributed by atoms with van der Waals surface area (Å²) in [4.78, 5) is 4.30. The molecule has 0 unspecified atom stereocenters. The third-order valence-electron chi connectivity index (χ3n) is 3.15. The van der Waals surface area contributed by atoms with E-state index in [4.69, 9.17) is 16.3 Å². The molecular weight excluding hydrogens is 286 g/mol. The average Bonchev–Trinajstić information content (AvgIpc) is 2.44. The van der Waals surface area contributed by atoms with Crippen LogP contribution in [0.25, 0.3) is 0 Å². The summed E-state index contributed by atoms with van der Waals surface area (Å²) in [5, 5.41) is 13.2. The second-order valence-corrected chi connectivity index (χ2v) is 5.13. The molecule has 1 aromatic carbocycles. The van der Waals surface area contributed by atoms with E-state index >= 15 is 0 Å². The number of nitrogens with one attached hydrogen (secondary N) is 1. The topological polar surface area (TPSA) is 57.9 Å². The molecule has 0 spiro atoms. The predicted molar refractivity (Wildman–Crippen MR) is 83.8 cm³/mol. The smallest absolute Gasteiger partial charge is 0.123 e. The van der Waals surface area contributed by atoms with Crippen LogP contribution in [0.5, 0.6) is 5.75 Å². The number of anilines is 1. The van der Waals surface area contributed by atoms with Crippen molar-refractivity contribution in [3.05, 3.63) is 51.8 Å². The van der Waals surface area contributed by atoms with Crippen LogP contribution in [0.4, 0.5) is 5.69 Å². The van der Waals surface area contributed by atoms with Gasteiger partial charge in [-0.05, 0) is 38.1 Å². The van der Waals surface area contributed by atoms with Crippen molar-refractivity contribution in [1.29, 1.82) is 5.26 Å². The van der Waals surface area contributed by atoms with Crippen LogP contribution in [0.1, 0.15) is 22.5 Å². The summed E-state index contributed by atoms with van der Waals surface area (Å²) in [7, 11) is 1.62. The Morgan fingerprint density at radius 2 is 2.10 bits per heavy atom. The van der Waals surface area contributed by atoms with Crippen LogP contribution < -0.4 is 10.1 Å². The van der Waals surface area contributed by atoms with Crippen molar-refractivity contribution < 1.29 is 4.74 Å². The molecule has 0 radical (unpaired) electrons. The number of aryl methyl sites for hydroxylation is 2. The van der Waals surface area contributed by atoms with Crippen molar-refractivity contribution in [3.8, 4) is 11.8 Å². The fourth-order valence-electron chi connectivity index (χ4n) is 2.18. The molecule has 0 amide bonds. The number of hydrogen-bond acceptors (Lipinski definition) is 4. The molecule has 2 aromatic rings. The molecule has 0 saturated carbocycles. The lowest BCUT2D eigenvalue weighted by molar-refractivity contribution is 0.410. The average molecular weight is 302 g/mol. The van der Waals surface area contributed by atoms with Crippen molar-refractivity contribution in [2.75, 3.05) is 12.4 Å². The Balaban J connectivity index is 2.29. The first-order valence-electron chi connectivity index (χ1n) is 6.49. The SMILES string of the molecule is COc1ccc(Cl)cc1CNc1cc(C)nc(C)c1C#N. The van der Waals surface area contributed by atoms with E-state index in [1.165, 1.54) is 0 Å². The van der Waals surface area contributed by atoms with E-state index in [0.717, 1.165) is 28.4 Å². The molecule has 1 heterocycles. The Labute approximate surface area is 129 Å². The second kappa shape index (κ2) is 6.47. The standard InChI is InChI=1S/C16H16ClN3O/c1-10-6-15(14(8-18)11(2)20-10)19-9-12-7-13(17)4-5-16(12)21-3/h4-7H,9H2,1-3H3,(H,19,20). The molecule has 21 heavy (non-hydrogen) atoms. The van der Waals surface area contributed by atoms with E-state index in [1.807, 2.05) is 32.0 Å². The monoisotopic (exact) mass is 301 g/mol. The predicted octanol–water partition coefficient (Wildman–Crippen LogP) is 3.84. The number of hydrogen-bond donors (Lipinski definition) is 1. The quantitative estimate of drug-likeness (QED) is 0.932. The van der Waals surface area contributed by atoms with Crippen molar-refractivity contribution in [2.45, 2.75) is 20.4 Å². The van der Waals surface area contributed by atoms with Gasteiger partial charge in [-0.1, -0.05) is 11.6 Å². The Morgan fingerprint density at radius 3 is 2.76 bits per heavy atom. The third-order valence-corrected chi connectivity index (χ3v) is 3.39. The highest BCUT2D eigenvalue weighted by Crippen LogP contribution is 2.25. The number of pyridine rings is 1. The zero-order valence-electron chi connectivity index (χ0n) is 12.2. The van der Waals surface area contributed by atoms with Gasteiger partial charge in [0.2, 0.25) is 0 Å². The molecular formula is C16H16ClN3O. The summed E-state index contributed by atoms with van der Waals surface area (Å²) >= 11 is 6.02. The second-order valence-electron chi connectivity index (χ2n) is 4.69. The zero-order chi connectivity index (χ0) is 15.4. The molecule has 0 saturated heterocycles. The Hall–Kier alpha value is -2.25. The lowest BCUT2D eigenvalue weighted by Gasteiger charge is -2.13. The third kappa shape index (κ3) is 3.45. The molecule has 0 atom stereocenters. The molecule has 0 aliphatic rings. The number of rotatable bonds is 4. The normalized spacial score (nSPS) is 10.0. The zero-order valence-corrected chi connectivity index (χ0v) is 13.0. The van der Waals surface area contributed by atoms with Crippen LogP contribution in [-0.2, 0) is 6.54 Å². The fraction of sp³-hybridized carbons (Fsp3) is 0.250. The van der Waals surface area contributed by atoms with Gasteiger partial charge in [0.15, 0.2) is 0 Å². The molecule has 1 aromatic heterocycles. The van der Waals surface area contributed by atoms with E-state index in [1.54, 1.807) is 13.2 Å². The van der Waals surface area contributed by atoms with Gasteiger partial charge in [0, 0.05) is 22.8 Å². The van der Waals surface area contributed by atoms with Crippen molar-refractivity contribution in [3.63, 3.8) is 0 Å². The highest BCUT2D eigenvalue weighted by atomic mass is 35.5. The Morgan fingerprint density at radius 1 is 1.33 bits per heavy atom. The lowest BCUT2D eigenvalue weighted by Crippen LogP contribution is -2.05. The van der Waals surface area contributed by atoms with Gasteiger partial charge in [-0.15, -0.1) is 0 Å². The fourth-order valence-corrected chi connectivity index (χ4v) is 2.38. The summed E-state index contributed by atoms with van der Waals surface area (Å²) in [6, 6.07) is 9.51. The maximum absolute atomic E-state index is 9.26. The van der Waals surface area contributed by atoms with Gasteiger partial charge in [-0.2, -0.15) is 5.26 Å². The molecule has 0 bridgehead atoms. The maximum atomic E-state index is 9.26. The van der Waals surface area contributed by atoms with E-state index in [0.29, 0.717) is 17.1 Å². The van der Waals surface area contributed by atoms with Crippen molar-refractivity contribution in [2.24, 2.45) is 0 Å². The molecule has 0 fully saturated rings. The summed E-state index contributed by atoms with van der Waals surface area (Å²) in [6.07, 6.45) is 0. The van der Waals surface area contributed by atoms with Crippen molar-refractivity contribution in [1.82, 2.24) is 4.98 Å². The summed E-state index contributed by atoms with van der Waals surface area (Å²) in [5.41, 5.74) is 3.84. The number of aromatic nitrogens is 1. The van der Waals surface area contributed by atoms with E-state index < -0.39 is 0 Å². The number of nitriles is 1. The van der Waals surface area contributed by atoms with Crippen LogP contribution in [0.3, 0.4) is 0 Å². The minimum atomic E-state index is 0.515. The van der Waals surface area contributed by atoms with Gasteiger partial charge in [-0.3, -0.25) is 4.98 Å². The number of methoxy groups -OCH3 is 1. The molecule has 0 aliphatic heterocycles. The van der Waals surface area contributed by atoms with Crippen LogP contribution in [-0.4, -0.2) is 12.1 Å².